The monoisotopic (exact) mass is 865 g/mol. The van der Waals surface area contributed by atoms with Crippen LogP contribution in [0.3, 0.4) is 0 Å². The molecule has 2 aliphatic rings. The second-order valence-electron chi connectivity index (χ2n) is 14.8. The predicted molar refractivity (Wildman–Crippen MR) is 230 cm³/mol. The molecule has 3 aromatic carbocycles. The van der Waals surface area contributed by atoms with Gasteiger partial charge in [0.25, 0.3) is 5.91 Å². The van der Waals surface area contributed by atoms with Crippen LogP contribution >= 0.6 is 27.5 Å². The maximum atomic E-state index is 12.8. The second kappa shape index (κ2) is 21.7. The van der Waals surface area contributed by atoms with E-state index in [1.165, 1.54) is 39.0 Å². The Balaban J connectivity index is 0.000000249. The lowest BCUT2D eigenvalue weighted by atomic mass is 9.93. The second-order valence-corrected chi connectivity index (χ2v) is 16.0. The number of nitrogen functional groups attached to an aromatic ring is 1. The van der Waals surface area contributed by atoms with Crippen molar-refractivity contribution in [3.05, 3.63) is 92.5 Å². The molecule has 0 amide bonds. The molecule has 308 valence electrons. The highest BCUT2D eigenvalue weighted by atomic mass is 79.9. The molecule has 1 aliphatic carbocycles. The van der Waals surface area contributed by atoms with Crippen LogP contribution in [0.4, 0.5) is 5.69 Å². The molecule has 0 unspecified atom stereocenters. The number of piperazine rings is 1. The number of fused-ring (bicyclic) bond motifs is 1. The predicted octanol–water partition coefficient (Wildman–Crippen LogP) is 8.21. The minimum atomic E-state index is -0.298. The number of aromatic nitrogens is 1. The van der Waals surface area contributed by atoms with Gasteiger partial charge in [-0.15, -0.1) is 0 Å². The first-order valence-electron chi connectivity index (χ1n) is 20.0. The summed E-state index contributed by atoms with van der Waals surface area (Å²) in [6.07, 6.45) is 7.18. The third-order valence-electron chi connectivity index (χ3n) is 10.8. The molecule has 1 aliphatic heterocycles. The van der Waals surface area contributed by atoms with E-state index in [2.05, 4.69) is 37.6 Å². The SMILES string of the molecule is CCN(Cc1cc(C(=O)OCCCN2CCN(CCOC(C)=O)CC2)cc(Br)c1N)C1CCCCC1.COc1ccc2c(c1)cc(C)n2C(=O)c1ccc(Cl)cc1. The van der Waals surface area contributed by atoms with Crippen molar-refractivity contribution in [2.45, 2.75) is 71.9 Å². The van der Waals surface area contributed by atoms with Crippen LogP contribution in [-0.2, 0) is 20.8 Å². The number of hydrogen-bond acceptors (Lipinski definition) is 10. The van der Waals surface area contributed by atoms with Gasteiger partial charge >= 0.3 is 11.9 Å². The van der Waals surface area contributed by atoms with Gasteiger partial charge in [-0.1, -0.05) is 37.8 Å². The standard InChI is InChI=1S/C27H43BrN4O4.C17H14ClNO2/c1-3-32(24-8-5-4-6-9-24)20-23-18-22(19-25(28)26(23)29)27(34)36-16-7-10-30-11-13-31(14-12-30)15-17-35-21(2)33;1-11-9-13-10-15(21-2)7-8-16(13)19(11)17(20)12-3-5-14(18)6-4-12/h18-19,24H,3-17,20,29H2,1-2H3;3-10H,1-2H3. The van der Waals surface area contributed by atoms with Crippen molar-refractivity contribution >= 4 is 62.0 Å². The molecule has 2 N–H and O–H groups in total. The highest BCUT2D eigenvalue weighted by Gasteiger charge is 2.23. The number of carbonyl (C=O) groups excluding carboxylic acids is 3. The normalized spacial score (nSPS) is 15.3. The molecule has 1 saturated heterocycles. The van der Waals surface area contributed by atoms with Gasteiger partial charge in [0.2, 0.25) is 0 Å². The fraction of sp³-hybridized carbons (Fsp3) is 0.477. The number of carbonyl (C=O) groups is 3. The van der Waals surface area contributed by atoms with Gasteiger partial charge in [0.15, 0.2) is 0 Å². The van der Waals surface area contributed by atoms with E-state index >= 15 is 0 Å². The number of nitrogens with two attached hydrogens (primary N) is 1. The van der Waals surface area contributed by atoms with E-state index < -0.39 is 0 Å². The quantitative estimate of drug-likeness (QED) is 0.0755. The van der Waals surface area contributed by atoms with Crippen LogP contribution in [-0.4, -0.2) is 109 Å². The number of anilines is 1. The van der Waals surface area contributed by atoms with Crippen LogP contribution in [0, 0.1) is 6.92 Å². The van der Waals surface area contributed by atoms with Crippen LogP contribution < -0.4 is 10.5 Å². The number of esters is 2. The Morgan fingerprint density at radius 1 is 0.877 bits per heavy atom. The van der Waals surface area contributed by atoms with Crippen molar-refractivity contribution in [3.63, 3.8) is 0 Å². The summed E-state index contributed by atoms with van der Waals surface area (Å²) in [5.74, 6) is 0.184. The van der Waals surface area contributed by atoms with Gasteiger partial charge in [-0.3, -0.25) is 24.0 Å². The molecule has 2 fully saturated rings. The smallest absolute Gasteiger partial charge is 0.338 e. The van der Waals surface area contributed by atoms with E-state index in [1.807, 2.05) is 37.3 Å². The number of benzene rings is 3. The summed E-state index contributed by atoms with van der Waals surface area (Å²) < 4.78 is 18.3. The number of rotatable bonds is 14. The number of nitrogens with zero attached hydrogens (tertiary/aromatic N) is 4. The highest BCUT2D eigenvalue weighted by molar-refractivity contribution is 9.10. The van der Waals surface area contributed by atoms with Gasteiger partial charge < -0.3 is 24.8 Å². The molecular formula is C44H57BrClN5O6. The zero-order valence-corrected chi connectivity index (χ0v) is 36.1. The molecule has 6 rings (SSSR count). The fourth-order valence-electron chi connectivity index (χ4n) is 7.63. The zero-order chi connectivity index (χ0) is 40.9. The third kappa shape index (κ3) is 12.5. The molecule has 11 nitrogen and oxygen atoms in total. The molecular weight excluding hydrogens is 810 g/mol. The molecule has 13 heteroatoms. The first-order valence-corrected chi connectivity index (χ1v) is 21.2. The Hall–Kier alpha value is -3.94. The summed E-state index contributed by atoms with van der Waals surface area (Å²) in [5.41, 5.74) is 11.0. The Morgan fingerprint density at radius 3 is 2.21 bits per heavy atom. The van der Waals surface area contributed by atoms with Crippen LogP contribution in [0.15, 0.2) is 65.1 Å². The molecule has 0 spiro atoms. The van der Waals surface area contributed by atoms with Crippen molar-refractivity contribution in [2.24, 2.45) is 0 Å². The minimum absolute atomic E-state index is 0.0654. The van der Waals surface area contributed by atoms with Crippen LogP contribution in [0.2, 0.25) is 5.02 Å². The number of aryl methyl sites for hydroxylation is 1. The van der Waals surface area contributed by atoms with Crippen LogP contribution in [0.5, 0.6) is 5.75 Å². The lowest BCUT2D eigenvalue weighted by Gasteiger charge is -2.34. The van der Waals surface area contributed by atoms with Crippen molar-refractivity contribution in [3.8, 4) is 5.75 Å². The Labute approximate surface area is 350 Å². The molecule has 1 aromatic heterocycles. The van der Waals surface area contributed by atoms with Gasteiger partial charge in [0.05, 0.1) is 30.5 Å². The van der Waals surface area contributed by atoms with Gasteiger partial charge in [-0.05, 0) is 115 Å². The Kier molecular flexibility index (Phi) is 16.8. The summed E-state index contributed by atoms with van der Waals surface area (Å²) in [4.78, 5) is 43.6. The van der Waals surface area contributed by atoms with Crippen molar-refractivity contribution < 1.29 is 28.6 Å². The van der Waals surface area contributed by atoms with Crippen LogP contribution in [0.25, 0.3) is 10.9 Å². The van der Waals surface area contributed by atoms with E-state index in [1.54, 1.807) is 42.0 Å². The highest BCUT2D eigenvalue weighted by Crippen LogP contribution is 2.30. The summed E-state index contributed by atoms with van der Waals surface area (Å²) in [5, 5.41) is 1.60. The fourth-order valence-corrected chi connectivity index (χ4v) is 8.26. The van der Waals surface area contributed by atoms with Crippen molar-refractivity contribution in [1.29, 1.82) is 0 Å². The summed E-state index contributed by atoms with van der Waals surface area (Å²) in [6.45, 7) is 13.6. The number of hydrogen-bond donors (Lipinski definition) is 1. The van der Waals surface area contributed by atoms with E-state index in [-0.39, 0.29) is 17.8 Å². The van der Waals surface area contributed by atoms with Gasteiger partial charge in [0, 0.05) is 84.9 Å². The van der Waals surface area contributed by atoms with Gasteiger partial charge in [0.1, 0.15) is 12.4 Å². The maximum Gasteiger partial charge on any atom is 0.338 e. The maximum absolute atomic E-state index is 12.8. The number of halogens is 2. The van der Waals surface area contributed by atoms with Crippen LogP contribution in [0.1, 0.15) is 84.3 Å². The van der Waals surface area contributed by atoms with Gasteiger partial charge in [-0.25, -0.2) is 4.79 Å². The molecule has 57 heavy (non-hydrogen) atoms. The average molecular weight is 867 g/mol. The lowest BCUT2D eigenvalue weighted by Crippen LogP contribution is -2.47. The molecule has 0 bridgehead atoms. The molecule has 0 atom stereocenters. The first-order chi connectivity index (χ1) is 27.5. The van der Waals surface area contributed by atoms with Crippen molar-refractivity contribution in [1.82, 2.24) is 19.3 Å². The Bertz CT molecular complexity index is 1960. The zero-order valence-electron chi connectivity index (χ0n) is 33.7. The lowest BCUT2D eigenvalue weighted by molar-refractivity contribution is -0.141. The summed E-state index contributed by atoms with van der Waals surface area (Å²) >= 11 is 9.42. The molecule has 0 radical (unpaired) electrons. The van der Waals surface area contributed by atoms with E-state index in [9.17, 15) is 14.4 Å². The molecule has 1 saturated carbocycles. The van der Waals surface area contributed by atoms with E-state index in [0.717, 1.165) is 91.2 Å². The topological polar surface area (TPSA) is 120 Å². The third-order valence-corrected chi connectivity index (χ3v) is 11.7. The minimum Gasteiger partial charge on any atom is -0.497 e. The average Bonchev–Trinajstić information content (AvgIpc) is 3.55. The summed E-state index contributed by atoms with van der Waals surface area (Å²) in [7, 11) is 1.63. The first kappa shape index (κ1) is 44.2. The number of methoxy groups -OCH3 is 1. The van der Waals surface area contributed by atoms with E-state index in [0.29, 0.717) is 41.1 Å². The largest absolute Gasteiger partial charge is 0.497 e. The molecule has 4 aromatic rings. The molecule has 2 heterocycles. The Morgan fingerprint density at radius 2 is 1.56 bits per heavy atom. The van der Waals surface area contributed by atoms with E-state index in [4.69, 9.17) is 31.5 Å². The van der Waals surface area contributed by atoms with Crippen molar-refractivity contribution in [2.75, 3.05) is 71.9 Å². The number of ether oxygens (including phenoxy) is 3. The van der Waals surface area contributed by atoms with Gasteiger partial charge in [-0.2, -0.15) is 0 Å². The summed E-state index contributed by atoms with van der Waals surface area (Å²) in [6, 6.07) is 18.8.